The number of aliphatic hydroxyl groups excluding tert-OH is 1. The van der Waals surface area contributed by atoms with E-state index < -0.39 is 57.9 Å². The fourth-order valence-electron chi connectivity index (χ4n) is 2.26. The summed E-state index contributed by atoms with van der Waals surface area (Å²) in [6.07, 6.45) is -13.4. The Morgan fingerprint density at radius 2 is 1.61 bits per heavy atom. The maximum Gasteiger partial charge on any atom is 0.389 e. The molecule has 12 heteroatoms. The molecule has 1 aromatic rings. The number of nitrogens with two attached hydrogens (primary N) is 1. The zero-order valence-electron chi connectivity index (χ0n) is 11.4. The van der Waals surface area contributed by atoms with Crippen molar-refractivity contribution < 1.29 is 39.9 Å². The molecule has 0 radical (unpaired) electrons. The van der Waals surface area contributed by atoms with Gasteiger partial charge in [0.15, 0.2) is 0 Å². The third kappa shape index (κ3) is 6.28. The van der Waals surface area contributed by atoms with Crippen LogP contribution >= 0.6 is 11.3 Å². The van der Waals surface area contributed by atoms with Gasteiger partial charge < -0.3 is 5.11 Å². The third-order valence-electron chi connectivity index (χ3n) is 3.07. The summed E-state index contributed by atoms with van der Waals surface area (Å²) in [4.78, 5) is 0. The highest BCUT2D eigenvalue weighted by molar-refractivity contribution is 7.91. The average Bonchev–Trinajstić information content (AvgIpc) is 2.73. The van der Waals surface area contributed by atoms with Crippen LogP contribution in [0.3, 0.4) is 0 Å². The van der Waals surface area contributed by atoms with E-state index in [2.05, 4.69) is 0 Å². The van der Waals surface area contributed by atoms with Gasteiger partial charge in [-0.1, -0.05) is 0 Å². The number of hydrogen-bond donors (Lipinski definition) is 2. The quantitative estimate of drug-likeness (QED) is 0.739. The minimum Gasteiger partial charge on any atom is -0.396 e. The molecule has 0 unspecified atom stereocenters. The summed E-state index contributed by atoms with van der Waals surface area (Å²) in [6, 6.07) is 1.06. The Labute approximate surface area is 132 Å². The number of thiophene rings is 1. The summed E-state index contributed by atoms with van der Waals surface area (Å²) < 4.78 is 97.6. The molecule has 134 valence electrons. The number of rotatable bonds is 6. The lowest BCUT2D eigenvalue weighted by atomic mass is 9.83. The number of halogens is 6. The van der Waals surface area contributed by atoms with Gasteiger partial charge in [0.1, 0.15) is 4.21 Å². The first-order valence-corrected chi connectivity index (χ1v) is 8.51. The second-order valence-corrected chi connectivity index (χ2v) is 7.57. The molecule has 0 aliphatic carbocycles. The molecule has 0 fully saturated rings. The van der Waals surface area contributed by atoms with Crippen LogP contribution in [0.1, 0.15) is 24.3 Å². The van der Waals surface area contributed by atoms with E-state index in [0.717, 1.165) is 6.07 Å². The number of sulfonamides is 1. The van der Waals surface area contributed by atoms with Crippen molar-refractivity contribution in [2.24, 2.45) is 11.1 Å². The van der Waals surface area contributed by atoms with Crippen molar-refractivity contribution in [1.29, 1.82) is 0 Å². The lowest BCUT2D eigenvalue weighted by Crippen LogP contribution is -2.29. The van der Waals surface area contributed by atoms with Crippen molar-refractivity contribution in [3.05, 3.63) is 17.0 Å². The number of hydrogen-bond acceptors (Lipinski definition) is 4. The topological polar surface area (TPSA) is 80.4 Å². The van der Waals surface area contributed by atoms with E-state index in [1.807, 2.05) is 0 Å². The highest BCUT2D eigenvalue weighted by atomic mass is 32.2. The van der Waals surface area contributed by atoms with Gasteiger partial charge in [0.05, 0.1) is 6.61 Å². The maximum absolute atomic E-state index is 12.6. The summed E-state index contributed by atoms with van der Waals surface area (Å²) in [5, 5.41) is 15.4. The highest BCUT2D eigenvalue weighted by Gasteiger charge is 2.43. The molecule has 0 amide bonds. The largest absolute Gasteiger partial charge is 0.396 e. The van der Waals surface area contributed by atoms with Gasteiger partial charge in [-0.15, -0.1) is 11.3 Å². The van der Waals surface area contributed by atoms with Gasteiger partial charge in [-0.3, -0.25) is 0 Å². The van der Waals surface area contributed by atoms with Gasteiger partial charge in [-0.2, -0.15) is 26.3 Å². The van der Waals surface area contributed by atoms with Crippen LogP contribution in [0.5, 0.6) is 0 Å². The van der Waals surface area contributed by atoms with Crippen LogP contribution in [0, 0.1) is 5.92 Å². The van der Waals surface area contributed by atoms with Crippen LogP contribution in [0.15, 0.2) is 15.7 Å². The molecule has 0 saturated carbocycles. The molecule has 1 heterocycles. The summed E-state index contributed by atoms with van der Waals surface area (Å²) in [5.41, 5.74) is -0.335. The molecule has 3 N–H and O–H groups in total. The Hall–Kier alpha value is -0.850. The normalized spacial score (nSPS) is 15.2. The van der Waals surface area contributed by atoms with Gasteiger partial charge in [0.2, 0.25) is 10.0 Å². The van der Waals surface area contributed by atoms with Crippen molar-refractivity contribution in [3.8, 4) is 0 Å². The standard InChI is InChI=1S/C11H13F6NO3S2/c12-10(13,14)3-6(4-11(15,16)17)8(5-19)7-1-2-22-9(7)23(18,20)21/h1-2,6,8,19H,3-5H2,(H2,18,20,21)/t8-/m0/s1. The summed E-state index contributed by atoms with van der Waals surface area (Å²) >= 11 is 0.567. The molecule has 0 aliphatic heterocycles. The zero-order chi connectivity index (χ0) is 18.1. The third-order valence-corrected chi connectivity index (χ3v) is 5.53. The van der Waals surface area contributed by atoms with Crippen LogP contribution in [-0.4, -0.2) is 32.5 Å². The highest BCUT2D eigenvalue weighted by Crippen LogP contribution is 2.43. The van der Waals surface area contributed by atoms with Crippen LogP contribution in [-0.2, 0) is 10.0 Å². The minimum atomic E-state index is -4.90. The molecular formula is C11H13F6NO3S2. The second kappa shape index (κ2) is 6.95. The molecule has 0 spiro atoms. The fourth-order valence-corrected chi connectivity index (χ4v) is 4.21. The van der Waals surface area contributed by atoms with E-state index in [-0.39, 0.29) is 5.56 Å². The SMILES string of the molecule is NS(=O)(=O)c1sccc1[C@@H](CO)C(CC(F)(F)F)CC(F)(F)F. The first-order valence-electron chi connectivity index (χ1n) is 6.09. The molecule has 1 rings (SSSR count). The zero-order valence-corrected chi connectivity index (χ0v) is 13.0. The van der Waals surface area contributed by atoms with Gasteiger partial charge in [-0.05, 0) is 22.9 Å². The maximum atomic E-state index is 12.6. The van der Waals surface area contributed by atoms with Crippen LogP contribution < -0.4 is 5.14 Å². The van der Waals surface area contributed by atoms with E-state index in [9.17, 15) is 39.9 Å². The van der Waals surface area contributed by atoms with Gasteiger partial charge in [0.25, 0.3) is 0 Å². The molecule has 4 nitrogen and oxygen atoms in total. The van der Waals surface area contributed by atoms with Crippen molar-refractivity contribution in [2.75, 3.05) is 6.61 Å². The Bertz CT molecular complexity index is 606. The average molecular weight is 385 g/mol. The van der Waals surface area contributed by atoms with Crippen molar-refractivity contribution >= 4 is 21.4 Å². The van der Waals surface area contributed by atoms with Crippen molar-refractivity contribution in [2.45, 2.75) is 35.3 Å². The Morgan fingerprint density at radius 1 is 1.13 bits per heavy atom. The molecule has 23 heavy (non-hydrogen) atoms. The van der Waals surface area contributed by atoms with E-state index in [1.54, 1.807) is 0 Å². The molecule has 0 aliphatic rings. The lowest BCUT2D eigenvalue weighted by molar-refractivity contribution is -0.176. The van der Waals surface area contributed by atoms with E-state index in [4.69, 9.17) is 5.14 Å². The minimum absolute atomic E-state index is 0.335. The molecule has 1 aromatic heterocycles. The molecular weight excluding hydrogens is 372 g/mol. The van der Waals surface area contributed by atoms with Gasteiger partial charge in [-0.25, -0.2) is 13.6 Å². The van der Waals surface area contributed by atoms with Gasteiger partial charge >= 0.3 is 12.4 Å². The summed E-state index contributed by atoms with van der Waals surface area (Å²) in [6.45, 7) is -1.07. The van der Waals surface area contributed by atoms with E-state index in [1.165, 1.54) is 5.38 Å². The number of aliphatic hydroxyl groups is 1. The Balaban J connectivity index is 3.28. The first kappa shape index (κ1) is 20.2. The van der Waals surface area contributed by atoms with Crippen LogP contribution in [0.25, 0.3) is 0 Å². The smallest absolute Gasteiger partial charge is 0.389 e. The summed E-state index contributed by atoms with van der Waals surface area (Å²) in [5.74, 6) is -3.71. The second-order valence-electron chi connectivity index (χ2n) is 4.90. The van der Waals surface area contributed by atoms with E-state index in [0.29, 0.717) is 11.3 Å². The molecule has 0 saturated heterocycles. The lowest BCUT2D eigenvalue weighted by Gasteiger charge is -2.27. The van der Waals surface area contributed by atoms with Crippen molar-refractivity contribution in [1.82, 2.24) is 0 Å². The fraction of sp³-hybridized carbons (Fsp3) is 0.636. The molecule has 1 atom stereocenters. The van der Waals surface area contributed by atoms with Gasteiger partial charge in [0, 0.05) is 18.8 Å². The predicted molar refractivity (Wildman–Crippen MR) is 70.4 cm³/mol. The predicted octanol–water partition coefficient (Wildman–Crippen LogP) is 2.99. The van der Waals surface area contributed by atoms with E-state index >= 15 is 0 Å². The van der Waals surface area contributed by atoms with Crippen LogP contribution in [0.4, 0.5) is 26.3 Å². The number of primary sulfonamides is 1. The monoisotopic (exact) mass is 385 g/mol. The molecule has 0 aromatic carbocycles. The Morgan fingerprint density at radius 3 is 1.96 bits per heavy atom. The Kier molecular flexibility index (Phi) is 6.10. The van der Waals surface area contributed by atoms with Crippen molar-refractivity contribution in [3.63, 3.8) is 0 Å². The van der Waals surface area contributed by atoms with Crippen LogP contribution in [0.2, 0.25) is 0 Å². The first-order chi connectivity index (χ1) is 10.2. The number of alkyl halides is 6. The summed E-state index contributed by atoms with van der Waals surface area (Å²) in [7, 11) is -4.32. The molecule has 0 bridgehead atoms.